The molecule has 2 aromatic heterocycles. The molecule has 2 aromatic carbocycles. The van der Waals surface area contributed by atoms with E-state index in [4.69, 9.17) is 11.6 Å². The molecule has 40 heavy (non-hydrogen) atoms. The largest absolute Gasteiger partial charge is 0.373 e. The number of carbonyl (C=O) groups is 1. The normalized spacial score (nSPS) is 13.1. The number of carbonyl (C=O) groups excluding carboxylic acids is 1. The van der Waals surface area contributed by atoms with Crippen molar-refractivity contribution in [1.82, 2.24) is 26.4 Å². The number of nitriles is 1. The second-order valence-corrected chi connectivity index (χ2v) is 9.29. The fourth-order valence-corrected chi connectivity index (χ4v) is 4.48. The van der Waals surface area contributed by atoms with Crippen molar-refractivity contribution in [3.63, 3.8) is 0 Å². The van der Waals surface area contributed by atoms with E-state index in [1.807, 2.05) is 24.3 Å². The monoisotopic (exact) mass is 561 g/mol. The van der Waals surface area contributed by atoms with Crippen molar-refractivity contribution >= 4 is 51.2 Å². The Morgan fingerprint density at radius 1 is 1.15 bits per heavy atom. The van der Waals surface area contributed by atoms with Gasteiger partial charge >= 0.3 is 0 Å². The molecule has 0 saturated carbocycles. The van der Waals surface area contributed by atoms with Crippen LogP contribution >= 0.6 is 11.6 Å². The van der Waals surface area contributed by atoms with Crippen LogP contribution in [0.25, 0.3) is 10.9 Å². The maximum atomic E-state index is 13.9. The molecule has 1 atom stereocenters. The number of pyridine rings is 2. The Balaban J connectivity index is 1.59. The lowest BCUT2D eigenvalue weighted by Gasteiger charge is -2.24. The zero-order valence-electron chi connectivity index (χ0n) is 21.2. The molecule has 0 spiro atoms. The highest BCUT2D eigenvalue weighted by atomic mass is 35.5. The fourth-order valence-electron chi connectivity index (χ4n) is 4.21. The van der Waals surface area contributed by atoms with Gasteiger partial charge in [-0.1, -0.05) is 23.7 Å². The second kappa shape index (κ2) is 11.0. The van der Waals surface area contributed by atoms with Crippen molar-refractivity contribution in [2.24, 2.45) is 0 Å². The summed E-state index contributed by atoms with van der Waals surface area (Å²) in [6, 6.07) is 13.5. The minimum absolute atomic E-state index is 0.110. The van der Waals surface area contributed by atoms with Crippen LogP contribution in [0, 0.1) is 23.1 Å². The van der Waals surface area contributed by atoms with Crippen molar-refractivity contribution in [3.8, 4) is 6.07 Å². The number of amides is 1. The average molecular weight is 562 g/mol. The Kier molecular flexibility index (Phi) is 7.33. The quantitative estimate of drug-likeness (QED) is 0.203. The summed E-state index contributed by atoms with van der Waals surface area (Å²) in [5.74, 6) is -2.48. The molecule has 1 aliphatic rings. The summed E-state index contributed by atoms with van der Waals surface area (Å²) in [5.41, 5.74) is 12.6. The molecule has 0 aliphatic carbocycles. The lowest BCUT2D eigenvalue weighted by Crippen LogP contribution is -2.34. The summed E-state index contributed by atoms with van der Waals surface area (Å²) in [6.07, 6.45) is 4.22. The molecule has 0 fully saturated rings. The number of benzene rings is 2. The lowest BCUT2D eigenvalue weighted by atomic mass is 10.0. The maximum Gasteiger partial charge on any atom is 0.249 e. The van der Waals surface area contributed by atoms with Crippen LogP contribution in [0.5, 0.6) is 0 Å². The van der Waals surface area contributed by atoms with E-state index in [1.165, 1.54) is 13.1 Å². The molecule has 5 N–H and O–H groups in total. The number of hydrogen-bond donors (Lipinski definition) is 5. The molecule has 4 aromatic rings. The molecule has 10 nitrogen and oxygen atoms in total. The number of rotatable bonds is 7. The van der Waals surface area contributed by atoms with Crippen LogP contribution in [0.1, 0.15) is 24.1 Å². The third-order valence-electron chi connectivity index (χ3n) is 6.30. The third kappa shape index (κ3) is 5.28. The first-order valence-corrected chi connectivity index (χ1v) is 12.3. The molecule has 5 rings (SSSR count). The minimum atomic E-state index is -1.23. The summed E-state index contributed by atoms with van der Waals surface area (Å²) in [4.78, 5) is 21.2. The van der Waals surface area contributed by atoms with Gasteiger partial charge in [-0.05, 0) is 29.8 Å². The van der Waals surface area contributed by atoms with E-state index in [0.717, 1.165) is 23.5 Å². The van der Waals surface area contributed by atoms with E-state index in [-0.39, 0.29) is 17.2 Å². The number of fused-ring (bicyclic) bond motifs is 1. The van der Waals surface area contributed by atoms with Crippen LogP contribution in [0.15, 0.2) is 66.8 Å². The molecule has 0 unspecified atom stereocenters. The fraction of sp³-hybridized carbons (Fsp3) is 0.111. The number of halogens is 3. The number of aromatic nitrogens is 2. The molecule has 13 heteroatoms. The topological polar surface area (TPSA) is 130 Å². The molecule has 0 radical (unpaired) electrons. The van der Waals surface area contributed by atoms with Gasteiger partial charge in [-0.2, -0.15) is 15.2 Å². The predicted molar refractivity (Wildman–Crippen MR) is 148 cm³/mol. The zero-order valence-corrected chi connectivity index (χ0v) is 21.9. The van der Waals surface area contributed by atoms with Gasteiger partial charge in [0.25, 0.3) is 0 Å². The number of nitrogens with one attached hydrogen (secondary N) is 5. The number of anilines is 4. The minimum Gasteiger partial charge on any atom is -0.373 e. The summed E-state index contributed by atoms with van der Waals surface area (Å²) in [7, 11) is 1.69. The van der Waals surface area contributed by atoms with Crippen LogP contribution in [0.2, 0.25) is 5.02 Å². The SMILES string of the molecule is CC(=O)N(C)c1cccc([C@H](Nc2cc(Cl)c3ncc(C#N)c(Nc4cnc(F)c(F)c4)c3c2)C2=CNNN2)c1. The lowest BCUT2D eigenvalue weighted by molar-refractivity contribution is -0.116. The van der Waals surface area contributed by atoms with E-state index < -0.39 is 17.8 Å². The smallest absolute Gasteiger partial charge is 0.249 e. The first kappa shape index (κ1) is 26.6. The highest BCUT2D eigenvalue weighted by Crippen LogP contribution is 2.37. The molecule has 0 saturated heterocycles. The number of hydrogen-bond acceptors (Lipinski definition) is 9. The molecule has 0 bridgehead atoms. The first-order valence-electron chi connectivity index (χ1n) is 11.9. The Bertz CT molecular complexity index is 1710. The summed E-state index contributed by atoms with van der Waals surface area (Å²) in [5, 5.41) is 16.9. The van der Waals surface area contributed by atoms with Crippen LogP contribution < -0.4 is 31.9 Å². The zero-order chi connectivity index (χ0) is 28.4. The van der Waals surface area contributed by atoms with Crippen LogP contribution in [0.3, 0.4) is 0 Å². The van der Waals surface area contributed by atoms with Gasteiger partial charge in [0.05, 0.1) is 45.4 Å². The number of hydrazine groups is 2. The van der Waals surface area contributed by atoms with Gasteiger partial charge < -0.3 is 26.4 Å². The standard InChI is InChI=1S/C27H22ClF2N9O/c1-14(40)39(2)19-5-3-4-15(6-19)25(23-13-34-38-37-23)35-17-7-20-24(36-18-9-22(29)27(30)33-12-18)16(10-31)11-32-26(20)21(28)8-17/h3-9,11-13,25,34-35,37-38H,1-2H3,(H,32,36)/t25-/m0/s1. The molecular weight excluding hydrogens is 540 g/mol. The first-order chi connectivity index (χ1) is 19.2. The molecule has 3 heterocycles. The van der Waals surface area contributed by atoms with Crippen LogP contribution in [-0.4, -0.2) is 22.9 Å². The van der Waals surface area contributed by atoms with E-state index in [9.17, 15) is 18.8 Å². The summed E-state index contributed by atoms with van der Waals surface area (Å²) in [6.45, 7) is 1.49. The van der Waals surface area contributed by atoms with Gasteiger partial charge in [-0.25, -0.2) is 9.37 Å². The highest BCUT2D eigenvalue weighted by molar-refractivity contribution is 6.36. The third-order valence-corrected chi connectivity index (χ3v) is 6.59. The van der Waals surface area contributed by atoms with E-state index in [1.54, 1.807) is 30.3 Å². The van der Waals surface area contributed by atoms with E-state index in [0.29, 0.717) is 33.0 Å². The average Bonchev–Trinajstić information content (AvgIpc) is 3.48. The Labute approximate surface area is 232 Å². The molecular formula is C27H22ClF2N9O. The molecule has 1 amide bonds. The van der Waals surface area contributed by atoms with Crippen molar-refractivity contribution in [2.45, 2.75) is 13.0 Å². The van der Waals surface area contributed by atoms with Gasteiger partial charge in [-0.3, -0.25) is 9.78 Å². The van der Waals surface area contributed by atoms with Crippen molar-refractivity contribution in [1.29, 1.82) is 5.26 Å². The summed E-state index contributed by atoms with van der Waals surface area (Å²) < 4.78 is 27.3. The van der Waals surface area contributed by atoms with Gasteiger partial charge in [0.2, 0.25) is 11.9 Å². The van der Waals surface area contributed by atoms with E-state index in [2.05, 4.69) is 43.1 Å². The van der Waals surface area contributed by atoms with Crippen LogP contribution in [-0.2, 0) is 4.79 Å². The van der Waals surface area contributed by atoms with E-state index >= 15 is 0 Å². The van der Waals surface area contributed by atoms with Gasteiger partial charge in [0.15, 0.2) is 5.82 Å². The van der Waals surface area contributed by atoms with Gasteiger partial charge in [0, 0.05) is 49.2 Å². The molecule has 1 aliphatic heterocycles. The second-order valence-electron chi connectivity index (χ2n) is 8.88. The predicted octanol–water partition coefficient (Wildman–Crippen LogP) is 4.77. The Morgan fingerprint density at radius 3 is 2.67 bits per heavy atom. The van der Waals surface area contributed by atoms with Gasteiger partial charge in [-0.15, -0.1) is 0 Å². The summed E-state index contributed by atoms with van der Waals surface area (Å²) >= 11 is 6.64. The Morgan fingerprint density at radius 2 is 1.98 bits per heavy atom. The molecule has 202 valence electrons. The van der Waals surface area contributed by atoms with Crippen molar-refractivity contribution < 1.29 is 13.6 Å². The number of nitrogens with zero attached hydrogens (tertiary/aromatic N) is 4. The van der Waals surface area contributed by atoms with Crippen LogP contribution in [0.4, 0.5) is 31.5 Å². The van der Waals surface area contributed by atoms with Gasteiger partial charge in [0.1, 0.15) is 6.07 Å². The maximum absolute atomic E-state index is 13.9. The highest BCUT2D eigenvalue weighted by Gasteiger charge is 2.22. The Hall–Kier alpha value is -4.99. The van der Waals surface area contributed by atoms with Crippen molar-refractivity contribution in [2.75, 3.05) is 22.6 Å². The van der Waals surface area contributed by atoms with Crippen molar-refractivity contribution in [3.05, 3.63) is 94.7 Å².